The maximum absolute atomic E-state index is 12.6. The van der Waals surface area contributed by atoms with Gasteiger partial charge in [0.1, 0.15) is 5.75 Å². The summed E-state index contributed by atoms with van der Waals surface area (Å²) in [6.45, 7) is 4.13. The number of ether oxygens (including phenoxy) is 1. The minimum atomic E-state index is -3.82. The van der Waals surface area contributed by atoms with Gasteiger partial charge in [0.2, 0.25) is 0 Å². The highest BCUT2D eigenvalue weighted by Gasteiger charge is 2.19. The van der Waals surface area contributed by atoms with Crippen molar-refractivity contribution in [3.8, 4) is 5.75 Å². The SMILES string of the molecule is CNC(=O)c1cc(S(=O)(=O)Nc2ccc(C(C)C)cc2)ccc1OC. The molecule has 2 aromatic rings. The summed E-state index contributed by atoms with van der Waals surface area (Å²) in [5.74, 6) is 0.247. The second kappa shape index (κ2) is 7.57. The van der Waals surface area contributed by atoms with Gasteiger partial charge in [0, 0.05) is 12.7 Å². The van der Waals surface area contributed by atoms with E-state index >= 15 is 0 Å². The van der Waals surface area contributed by atoms with Crippen molar-refractivity contribution in [1.29, 1.82) is 0 Å². The first-order valence-electron chi connectivity index (χ1n) is 7.81. The van der Waals surface area contributed by atoms with Gasteiger partial charge < -0.3 is 10.1 Å². The second-order valence-electron chi connectivity index (χ2n) is 5.82. The summed E-state index contributed by atoms with van der Waals surface area (Å²) < 4.78 is 32.8. The van der Waals surface area contributed by atoms with Gasteiger partial charge in [-0.2, -0.15) is 0 Å². The van der Waals surface area contributed by atoms with E-state index in [4.69, 9.17) is 4.74 Å². The molecule has 7 heteroatoms. The fourth-order valence-corrected chi connectivity index (χ4v) is 3.40. The maximum Gasteiger partial charge on any atom is 0.261 e. The van der Waals surface area contributed by atoms with Crippen LogP contribution in [0.2, 0.25) is 0 Å². The van der Waals surface area contributed by atoms with Crippen molar-refractivity contribution in [2.75, 3.05) is 18.9 Å². The van der Waals surface area contributed by atoms with Crippen molar-refractivity contribution in [2.45, 2.75) is 24.7 Å². The molecule has 0 radical (unpaired) electrons. The number of anilines is 1. The number of carbonyl (C=O) groups is 1. The molecular weight excluding hydrogens is 340 g/mol. The van der Waals surface area contributed by atoms with Crippen LogP contribution in [0.1, 0.15) is 35.7 Å². The van der Waals surface area contributed by atoms with Crippen molar-refractivity contribution in [2.24, 2.45) is 0 Å². The first kappa shape index (κ1) is 18.8. The average molecular weight is 362 g/mol. The number of nitrogens with one attached hydrogen (secondary N) is 2. The molecule has 0 aliphatic heterocycles. The minimum Gasteiger partial charge on any atom is -0.496 e. The van der Waals surface area contributed by atoms with E-state index in [2.05, 4.69) is 23.9 Å². The molecule has 0 saturated carbocycles. The molecular formula is C18H22N2O4S. The summed E-state index contributed by atoms with van der Waals surface area (Å²) in [5.41, 5.74) is 1.74. The van der Waals surface area contributed by atoms with Crippen LogP contribution in [0.5, 0.6) is 5.75 Å². The molecule has 0 heterocycles. The van der Waals surface area contributed by atoms with Gasteiger partial charge in [-0.15, -0.1) is 0 Å². The standard InChI is InChI=1S/C18H22N2O4S/c1-12(2)13-5-7-14(8-6-13)20-25(22,23)15-9-10-17(24-4)16(11-15)18(21)19-3/h5-12,20H,1-4H3,(H,19,21). The molecule has 134 valence electrons. The van der Waals surface area contributed by atoms with Gasteiger partial charge in [0.15, 0.2) is 0 Å². The summed E-state index contributed by atoms with van der Waals surface area (Å²) in [6.07, 6.45) is 0. The lowest BCUT2D eigenvalue weighted by Gasteiger charge is -2.12. The van der Waals surface area contributed by atoms with E-state index in [1.165, 1.54) is 32.4 Å². The maximum atomic E-state index is 12.6. The van der Waals surface area contributed by atoms with E-state index in [1.54, 1.807) is 12.1 Å². The number of hydrogen-bond acceptors (Lipinski definition) is 4. The highest BCUT2D eigenvalue weighted by Crippen LogP contribution is 2.25. The molecule has 2 N–H and O–H groups in total. The van der Waals surface area contributed by atoms with Crippen LogP contribution >= 0.6 is 0 Å². The average Bonchev–Trinajstić information content (AvgIpc) is 2.60. The Morgan fingerprint density at radius 2 is 1.72 bits per heavy atom. The Bertz CT molecular complexity index is 859. The zero-order valence-corrected chi connectivity index (χ0v) is 15.5. The van der Waals surface area contributed by atoms with E-state index in [-0.39, 0.29) is 10.5 Å². The predicted octanol–water partition coefficient (Wildman–Crippen LogP) is 2.98. The zero-order chi connectivity index (χ0) is 18.6. The van der Waals surface area contributed by atoms with Crippen LogP contribution in [-0.2, 0) is 10.0 Å². The first-order valence-corrected chi connectivity index (χ1v) is 9.29. The summed E-state index contributed by atoms with van der Waals surface area (Å²) >= 11 is 0. The quantitative estimate of drug-likeness (QED) is 0.827. The van der Waals surface area contributed by atoms with Crippen LogP contribution in [0.25, 0.3) is 0 Å². The van der Waals surface area contributed by atoms with Gasteiger partial charge in [-0.3, -0.25) is 9.52 Å². The Labute approximate surface area is 148 Å². The fourth-order valence-electron chi connectivity index (χ4n) is 2.32. The Hall–Kier alpha value is -2.54. The summed E-state index contributed by atoms with van der Waals surface area (Å²) in [7, 11) is -0.930. The van der Waals surface area contributed by atoms with Gasteiger partial charge in [0.05, 0.1) is 17.6 Å². The Morgan fingerprint density at radius 3 is 2.24 bits per heavy atom. The van der Waals surface area contributed by atoms with Gasteiger partial charge >= 0.3 is 0 Å². The van der Waals surface area contributed by atoms with Gasteiger partial charge in [0.25, 0.3) is 15.9 Å². The molecule has 2 aromatic carbocycles. The van der Waals surface area contributed by atoms with Gasteiger partial charge in [-0.1, -0.05) is 26.0 Å². The third-order valence-corrected chi connectivity index (χ3v) is 5.16. The molecule has 0 bridgehead atoms. The molecule has 0 atom stereocenters. The number of benzene rings is 2. The molecule has 25 heavy (non-hydrogen) atoms. The number of amides is 1. The minimum absolute atomic E-state index is 0.0140. The molecule has 2 rings (SSSR count). The number of carbonyl (C=O) groups excluding carboxylic acids is 1. The molecule has 0 spiro atoms. The van der Waals surface area contributed by atoms with Crippen LogP contribution in [0.15, 0.2) is 47.4 Å². The number of hydrogen-bond donors (Lipinski definition) is 2. The van der Waals surface area contributed by atoms with Crippen LogP contribution in [0, 0.1) is 0 Å². The van der Waals surface area contributed by atoms with Crippen molar-refractivity contribution in [3.63, 3.8) is 0 Å². The third kappa shape index (κ3) is 4.30. The second-order valence-corrected chi connectivity index (χ2v) is 7.51. The Kier molecular flexibility index (Phi) is 5.69. The molecule has 1 amide bonds. The van der Waals surface area contributed by atoms with Crippen LogP contribution < -0.4 is 14.8 Å². The lowest BCUT2D eigenvalue weighted by atomic mass is 10.0. The van der Waals surface area contributed by atoms with Crippen molar-refractivity contribution in [3.05, 3.63) is 53.6 Å². The van der Waals surface area contributed by atoms with Crippen LogP contribution in [0.4, 0.5) is 5.69 Å². The van der Waals surface area contributed by atoms with Crippen molar-refractivity contribution in [1.82, 2.24) is 5.32 Å². The molecule has 0 fully saturated rings. The van der Waals surface area contributed by atoms with E-state index in [0.29, 0.717) is 17.4 Å². The number of methoxy groups -OCH3 is 1. The van der Waals surface area contributed by atoms with Crippen molar-refractivity contribution < 1.29 is 17.9 Å². The molecule has 0 saturated heterocycles. The highest BCUT2D eigenvalue weighted by molar-refractivity contribution is 7.92. The van der Waals surface area contributed by atoms with E-state index in [0.717, 1.165) is 5.56 Å². The Morgan fingerprint density at radius 1 is 1.08 bits per heavy atom. The lowest BCUT2D eigenvalue weighted by Crippen LogP contribution is -2.20. The third-order valence-electron chi connectivity index (χ3n) is 3.78. The van der Waals surface area contributed by atoms with Crippen LogP contribution in [-0.4, -0.2) is 28.5 Å². The smallest absolute Gasteiger partial charge is 0.261 e. The fraction of sp³-hybridized carbons (Fsp3) is 0.278. The number of sulfonamides is 1. The predicted molar refractivity (Wildman–Crippen MR) is 97.7 cm³/mol. The zero-order valence-electron chi connectivity index (χ0n) is 14.7. The van der Waals surface area contributed by atoms with Crippen molar-refractivity contribution >= 4 is 21.6 Å². The topological polar surface area (TPSA) is 84.5 Å². The van der Waals surface area contributed by atoms with E-state index < -0.39 is 15.9 Å². The van der Waals surface area contributed by atoms with E-state index in [1.807, 2.05) is 12.1 Å². The molecule has 6 nitrogen and oxygen atoms in total. The summed E-state index contributed by atoms with van der Waals surface area (Å²) in [5, 5.41) is 2.47. The van der Waals surface area contributed by atoms with Crippen LogP contribution in [0.3, 0.4) is 0 Å². The summed E-state index contributed by atoms with van der Waals surface area (Å²) in [4.78, 5) is 11.9. The highest BCUT2D eigenvalue weighted by atomic mass is 32.2. The monoisotopic (exact) mass is 362 g/mol. The van der Waals surface area contributed by atoms with Gasteiger partial charge in [-0.05, 0) is 41.8 Å². The van der Waals surface area contributed by atoms with Gasteiger partial charge in [-0.25, -0.2) is 8.42 Å². The lowest BCUT2D eigenvalue weighted by molar-refractivity contribution is 0.0960. The Balaban J connectivity index is 2.34. The summed E-state index contributed by atoms with van der Waals surface area (Å²) in [6, 6.07) is 11.4. The largest absolute Gasteiger partial charge is 0.496 e. The molecule has 0 aliphatic rings. The molecule has 0 aromatic heterocycles. The molecule has 0 aliphatic carbocycles. The first-order chi connectivity index (χ1) is 11.8. The number of rotatable bonds is 6. The molecule has 0 unspecified atom stereocenters. The normalized spacial score (nSPS) is 11.2. The van der Waals surface area contributed by atoms with E-state index in [9.17, 15) is 13.2 Å².